The number of hydrogen-bond acceptors (Lipinski definition) is 2. The summed E-state index contributed by atoms with van der Waals surface area (Å²) in [6, 6.07) is 0. The maximum absolute atomic E-state index is 5.39. The van der Waals surface area contributed by atoms with Crippen LogP contribution in [0.15, 0.2) is 0 Å². The van der Waals surface area contributed by atoms with Gasteiger partial charge in [0.05, 0.1) is 6.10 Å². The third-order valence-corrected chi connectivity index (χ3v) is 1.67. The molecule has 0 aliphatic carbocycles. The summed E-state index contributed by atoms with van der Waals surface area (Å²) in [7, 11) is 0. The van der Waals surface area contributed by atoms with Gasteiger partial charge in [0.25, 0.3) is 0 Å². The van der Waals surface area contributed by atoms with Crippen LogP contribution in [-0.4, -0.2) is 25.8 Å². The minimum Gasteiger partial charge on any atom is -0.379 e. The highest BCUT2D eigenvalue weighted by Gasteiger charge is 1.98. The van der Waals surface area contributed by atoms with Crippen LogP contribution in [0.5, 0.6) is 0 Å². The van der Waals surface area contributed by atoms with E-state index < -0.39 is 0 Å². The van der Waals surface area contributed by atoms with Crippen LogP contribution in [0.4, 0.5) is 0 Å². The molecule has 1 atom stereocenters. The molecule has 0 spiro atoms. The molecule has 0 aromatic heterocycles. The predicted molar refractivity (Wildman–Crippen MR) is 48.9 cm³/mol. The lowest BCUT2D eigenvalue weighted by Crippen LogP contribution is -2.16. The van der Waals surface area contributed by atoms with Crippen molar-refractivity contribution in [1.82, 2.24) is 5.32 Å². The molecule has 1 unspecified atom stereocenters. The molecule has 0 amide bonds. The summed E-state index contributed by atoms with van der Waals surface area (Å²) in [5.41, 5.74) is 0. The summed E-state index contributed by atoms with van der Waals surface area (Å²) < 4.78 is 5.39. The van der Waals surface area contributed by atoms with E-state index in [1.807, 2.05) is 6.92 Å². The van der Waals surface area contributed by atoms with Crippen molar-refractivity contribution in [3.63, 3.8) is 0 Å². The first-order chi connectivity index (χ1) is 5.31. The monoisotopic (exact) mass is 159 g/mol. The molecule has 0 bridgehead atoms. The second-order valence-corrected chi connectivity index (χ2v) is 2.76. The van der Waals surface area contributed by atoms with Crippen molar-refractivity contribution < 1.29 is 4.74 Å². The van der Waals surface area contributed by atoms with Gasteiger partial charge < -0.3 is 10.1 Å². The molecule has 0 radical (unpaired) electrons. The molecule has 0 fully saturated rings. The zero-order valence-electron chi connectivity index (χ0n) is 8.02. The average molecular weight is 159 g/mol. The Hall–Kier alpha value is -0.0800. The molecule has 2 heteroatoms. The summed E-state index contributed by atoms with van der Waals surface area (Å²) in [5, 5.41) is 3.29. The summed E-state index contributed by atoms with van der Waals surface area (Å²) in [6.45, 7) is 9.33. The van der Waals surface area contributed by atoms with Crippen molar-refractivity contribution in [2.24, 2.45) is 0 Å². The van der Waals surface area contributed by atoms with E-state index in [0.717, 1.165) is 19.7 Å². The van der Waals surface area contributed by atoms with E-state index in [-0.39, 0.29) is 0 Å². The average Bonchev–Trinajstić information content (AvgIpc) is 1.99. The first kappa shape index (κ1) is 10.9. The Morgan fingerprint density at radius 1 is 1.36 bits per heavy atom. The Balaban J connectivity index is 2.97. The van der Waals surface area contributed by atoms with Crippen LogP contribution >= 0.6 is 0 Å². The van der Waals surface area contributed by atoms with E-state index in [4.69, 9.17) is 4.74 Å². The molecule has 1 N–H and O–H groups in total. The van der Waals surface area contributed by atoms with E-state index in [2.05, 4.69) is 19.2 Å². The van der Waals surface area contributed by atoms with Crippen LogP contribution in [-0.2, 0) is 4.74 Å². The second kappa shape index (κ2) is 8.02. The Labute approximate surface area is 70.3 Å². The molecular weight excluding hydrogens is 138 g/mol. The second-order valence-electron chi connectivity index (χ2n) is 2.76. The van der Waals surface area contributed by atoms with Crippen LogP contribution in [0.3, 0.4) is 0 Å². The standard InChI is InChI=1S/C9H21NO/c1-4-10-8-6-7-9(3)11-5-2/h9-10H,4-8H2,1-3H3. The zero-order valence-corrected chi connectivity index (χ0v) is 8.02. The van der Waals surface area contributed by atoms with E-state index >= 15 is 0 Å². The molecule has 0 aromatic rings. The normalized spacial score (nSPS) is 13.4. The minimum atomic E-state index is 0.429. The van der Waals surface area contributed by atoms with Gasteiger partial charge in [-0.1, -0.05) is 6.92 Å². The highest BCUT2D eigenvalue weighted by atomic mass is 16.5. The Bertz CT molecular complexity index is 76.0. The molecule has 0 aliphatic rings. The quantitative estimate of drug-likeness (QED) is 0.572. The van der Waals surface area contributed by atoms with Crippen LogP contribution in [0, 0.1) is 0 Å². The highest BCUT2D eigenvalue weighted by molar-refractivity contribution is 4.52. The van der Waals surface area contributed by atoms with Gasteiger partial charge in [0.1, 0.15) is 0 Å². The molecule has 0 saturated heterocycles. The van der Waals surface area contributed by atoms with Crippen LogP contribution < -0.4 is 5.32 Å². The molecule has 0 saturated carbocycles. The van der Waals surface area contributed by atoms with Gasteiger partial charge in [0.15, 0.2) is 0 Å². The summed E-state index contributed by atoms with van der Waals surface area (Å²) in [5.74, 6) is 0. The van der Waals surface area contributed by atoms with Gasteiger partial charge in [0.2, 0.25) is 0 Å². The number of rotatable bonds is 7. The lowest BCUT2D eigenvalue weighted by molar-refractivity contribution is 0.0689. The molecule has 68 valence electrons. The fraction of sp³-hybridized carbons (Fsp3) is 1.00. The number of ether oxygens (including phenoxy) is 1. The highest BCUT2D eigenvalue weighted by Crippen LogP contribution is 1.99. The number of nitrogens with one attached hydrogen (secondary N) is 1. The Morgan fingerprint density at radius 3 is 2.64 bits per heavy atom. The molecule has 11 heavy (non-hydrogen) atoms. The molecule has 0 aromatic carbocycles. The van der Waals surface area contributed by atoms with E-state index in [1.54, 1.807) is 0 Å². The maximum Gasteiger partial charge on any atom is 0.0547 e. The smallest absolute Gasteiger partial charge is 0.0547 e. The lowest BCUT2D eigenvalue weighted by Gasteiger charge is -2.10. The van der Waals surface area contributed by atoms with Gasteiger partial charge in [-0.2, -0.15) is 0 Å². The van der Waals surface area contributed by atoms with Crippen molar-refractivity contribution in [1.29, 1.82) is 0 Å². The topological polar surface area (TPSA) is 21.3 Å². The summed E-state index contributed by atoms with van der Waals surface area (Å²) >= 11 is 0. The minimum absolute atomic E-state index is 0.429. The van der Waals surface area contributed by atoms with Crippen molar-refractivity contribution >= 4 is 0 Å². The summed E-state index contributed by atoms with van der Waals surface area (Å²) in [4.78, 5) is 0. The third kappa shape index (κ3) is 7.82. The van der Waals surface area contributed by atoms with E-state index in [9.17, 15) is 0 Å². The van der Waals surface area contributed by atoms with Crippen molar-refractivity contribution in [2.75, 3.05) is 19.7 Å². The fourth-order valence-corrected chi connectivity index (χ4v) is 1.06. The number of hydrogen-bond donors (Lipinski definition) is 1. The van der Waals surface area contributed by atoms with Gasteiger partial charge >= 0.3 is 0 Å². The first-order valence-electron chi connectivity index (χ1n) is 4.63. The first-order valence-corrected chi connectivity index (χ1v) is 4.63. The Kier molecular flexibility index (Phi) is 7.96. The molecule has 0 aliphatic heterocycles. The summed E-state index contributed by atoms with van der Waals surface area (Å²) in [6.07, 6.45) is 2.81. The maximum atomic E-state index is 5.39. The molecule has 2 nitrogen and oxygen atoms in total. The molecular formula is C9H21NO. The van der Waals surface area contributed by atoms with Crippen molar-refractivity contribution in [3.8, 4) is 0 Å². The van der Waals surface area contributed by atoms with Crippen LogP contribution in [0.2, 0.25) is 0 Å². The fourth-order valence-electron chi connectivity index (χ4n) is 1.06. The van der Waals surface area contributed by atoms with Crippen molar-refractivity contribution in [2.45, 2.75) is 39.7 Å². The van der Waals surface area contributed by atoms with E-state index in [1.165, 1.54) is 12.8 Å². The van der Waals surface area contributed by atoms with Crippen LogP contribution in [0.25, 0.3) is 0 Å². The zero-order chi connectivity index (χ0) is 8.53. The van der Waals surface area contributed by atoms with Crippen LogP contribution in [0.1, 0.15) is 33.6 Å². The Morgan fingerprint density at radius 2 is 2.09 bits per heavy atom. The third-order valence-electron chi connectivity index (χ3n) is 1.67. The van der Waals surface area contributed by atoms with Gasteiger partial charge in [-0.25, -0.2) is 0 Å². The van der Waals surface area contributed by atoms with E-state index in [0.29, 0.717) is 6.10 Å². The van der Waals surface area contributed by atoms with Gasteiger partial charge in [-0.05, 0) is 39.8 Å². The molecule has 0 heterocycles. The van der Waals surface area contributed by atoms with Crippen molar-refractivity contribution in [3.05, 3.63) is 0 Å². The van der Waals surface area contributed by atoms with Gasteiger partial charge in [-0.3, -0.25) is 0 Å². The van der Waals surface area contributed by atoms with Gasteiger partial charge in [-0.15, -0.1) is 0 Å². The molecule has 0 rings (SSSR count). The SMILES string of the molecule is CCNCCCC(C)OCC. The largest absolute Gasteiger partial charge is 0.379 e. The predicted octanol–water partition coefficient (Wildman–Crippen LogP) is 1.80. The van der Waals surface area contributed by atoms with Gasteiger partial charge in [0, 0.05) is 6.61 Å². The lowest BCUT2D eigenvalue weighted by atomic mass is 10.2.